The summed E-state index contributed by atoms with van der Waals surface area (Å²) in [5.41, 5.74) is 4.26. The number of hydrogen-bond acceptors (Lipinski definition) is 6. The minimum absolute atomic E-state index is 0.0519. The monoisotopic (exact) mass is 670 g/mol. The Morgan fingerprint density at radius 3 is 1.27 bits per heavy atom. The van der Waals surface area contributed by atoms with Crippen LogP contribution in [0, 0.1) is 0 Å². The fourth-order valence-electron chi connectivity index (χ4n) is 5.99. The highest BCUT2D eigenvalue weighted by molar-refractivity contribution is 6.73. The van der Waals surface area contributed by atoms with Crippen LogP contribution in [-0.2, 0) is 49.8 Å². The average Bonchev–Trinajstić information content (AvgIpc) is 3.15. The predicted octanol–water partition coefficient (Wildman–Crippen LogP) is 8.73. The molecule has 1 N–H and O–H groups in total. The summed E-state index contributed by atoms with van der Waals surface area (Å²) in [6, 6.07) is 43.6. The molecule has 4 rings (SSSR count). The molecule has 7 heteroatoms. The quantitative estimate of drug-likeness (QED) is 0.0797. The number of aliphatic hydroxyl groups excluding tert-OH is 1. The van der Waals surface area contributed by atoms with Crippen molar-refractivity contribution >= 4 is 8.32 Å². The summed E-state index contributed by atoms with van der Waals surface area (Å²) in [7, 11) is -2.14. The Kier molecular flexibility index (Phi) is 16.5. The van der Waals surface area contributed by atoms with Gasteiger partial charge in [-0.1, -0.05) is 142 Å². The van der Waals surface area contributed by atoms with E-state index in [-0.39, 0.29) is 6.61 Å². The van der Waals surface area contributed by atoms with Crippen LogP contribution in [0.2, 0.25) is 18.1 Å². The molecule has 0 saturated carbocycles. The van der Waals surface area contributed by atoms with E-state index in [0.717, 1.165) is 40.4 Å². The molecule has 0 bridgehead atoms. The van der Waals surface area contributed by atoms with Gasteiger partial charge < -0.3 is 28.5 Å². The van der Waals surface area contributed by atoms with E-state index in [1.165, 1.54) is 0 Å². The van der Waals surface area contributed by atoms with Crippen LogP contribution in [0.15, 0.2) is 121 Å². The first-order valence-electron chi connectivity index (χ1n) is 17.5. The van der Waals surface area contributed by atoms with E-state index in [1.54, 1.807) is 0 Å². The predicted molar refractivity (Wildman–Crippen MR) is 195 cm³/mol. The zero-order valence-corrected chi connectivity index (χ0v) is 29.9. The van der Waals surface area contributed by atoms with Crippen LogP contribution >= 0.6 is 0 Å². The molecule has 6 nitrogen and oxygen atoms in total. The third-order valence-electron chi connectivity index (χ3n) is 9.08. The third-order valence-corrected chi connectivity index (χ3v) is 13.7. The second-order valence-corrected chi connectivity index (χ2v) is 17.0. The molecule has 0 aliphatic carbocycles. The van der Waals surface area contributed by atoms with Crippen molar-refractivity contribution in [3.63, 3.8) is 0 Å². The molecule has 4 aromatic carbocycles. The lowest BCUT2D eigenvalue weighted by Gasteiger charge is -2.41. The molecule has 0 saturated heterocycles. The second kappa shape index (κ2) is 21.1. The molecule has 0 unspecified atom stereocenters. The van der Waals surface area contributed by atoms with Gasteiger partial charge in [0.05, 0.1) is 45.2 Å². The van der Waals surface area contributed by atoms with Crippen molar-refractivity contribution in [3.8, 4) is 0 Å². The van der Waals surface area contributed by atoms with E-state index < -0.39 is 32.7 Å². The average molecular weight is 671 g/mol. The van der Waals surface area contributed by atoms with Gasteiger partial charge in [0.1, 0.15) is 12.2 Å². The maximum atomic E-state index is 10.3. The Morgan fingerprint density at radius 1 is 0.500 bits per heavy atom. The fraction of sp³-hybridized carbons (Fsp3) is 0.415. The van der Waals surface area contributed by atoms with Gasteiger partial charge in [0.15, 0.2) is 8.32 Å². The van der Waals surface area contributed by atoms with Crippen molar-refractivity contribution in [1.82, 2.24) is 0 Å². The van der Waals surface area contributed by atoms with Crippen molar-refractivity contribution < 1.29 is 28.5 Å². The number of hydrogen-bond donors (Lipinski definition) is 1. The summed E-state index contributed by atoms with van der Waals surface area (Å²) in [5.74, 6) is 0. The van der Waals surface area contributed by atoms with Gasteiger partial charge in [0.2, 0.25) is 0 Å². The number of rotatable bonds is 23. The Bertz CT molecular complexity index is 1360. The van der Waals surface area contributed by atoms with Crippen molar-refractivity contribution in [2.45, 2.75) is 96.2 Å². The molecular formula is C41H54O6Si. The lowest BCUT2D eigenvalue weighted by atomic mass is 9.99. The summed E-state index contributed by atoms with van der Waals surface area (Å²) in [6.07, 6.45) is -1.62. The van der Waals surface area contributed by atoms with E-state index in [0.29, 0.717) is 39.5 Å². The van der Waals surface area contributed by atoms with Gasteiger partial charge >= 0.3 is 0 Å². The van der Waals surface area contributed by atoms with Crippen LogP contribution in [0.25, 0.3) is 0 Å². The molecular weight excluding hydrogens is 617 g/mol. The third kappa shape index (κ3) is 12.1. The van der Waals surface area contributed by atoms with Crippen LogP contribution in [0.1, 0.15) is 49.4 Å². The van der Waals surface area contributed by atoms with E-state index in [4.69, 9.17) is 23.4 Å². The minimum Gasteiger partial charge on any atom is -0.409 e. The molecule has 0 radical (unpaired) electrons. The van der Waals surface area contributed by atoms with Gasteiger partial charge in [0, 0.05) is 6.61 Å². The molecule has 0 spiro atoms. The lowest BCUT2D eigenvalue weighted by molar-refractivity contribution is -0.187. The normalized spacial score (nSPS) is 14.3. The molecule has 0 aromatic heterocycles. The molecule has 4 aromatic rings. The highest BCUT2D eigenvalue weighted by Crippen LogP contribution is 2.30. The van der Waals surface area contributed by atoms with Crippen LogP contribution < -0.4 is 0 Å². The van der Waals surface area contributed by atoms with Crippen LogP contribution in [0.5, 0.6) is 0 Å². The van der Waals surface area contributed by atoms with Crippen molar-refractivity contribution in [3.05, 3.63) is 144 Å². The smallest absolute Gasteiger partial charge is 0.192 e. The second-order valence-electron chi connectivity index (χ2n) is 12.3. The van der Waals surface area contributed by atoms with E-state index in [1.807, 2.05) is 84.9 Å². The van der Waals surface area contributed by atoms with Crippen LogP contribution in [0.4, 0.5) is 0 Å². The van der Waals surface area contributed by atoms with Gasteiger partial charge in [-0.3, -0.25) is 0 Å². The highest BCUT2D eigenvalue weighted by atomic mass is 28.4. The molecule has 0 fully saturated rings. The Hall–Kier alpha value is -3.14. The summed E-state index contributed by atoms with van der Waals surface area (Å²) in [4.78, 5) is 0. The molecule has 258 valence electrons. The fourth-order valence-corrected chi connectivity index (χ4v) is 8.84. The number of aliphatic hydroxyl groups is 1. The number of benzene rings is 4. The lowest BCUT2D eigenvalue weighted by Crippen LogP contribution is -2.54. The SMILES string of the molecule is CC[Si](CC)(CC)O[C@H](COCc1ccccc1)[C@@H](OCc1ccccc1)[C@@H](OCc1ccccc1)[C@H](CCO)OCc1ccccc1. The molecule has 0 aliphatic heterocycles. The molecule has 0 heterocycles. The summed E-state index contributed by atoms with van der Waals surface area (Å²) in [5, 5.41) is 10.3. The van der Waals surface area contributed by atoms with Gasteiger partial charge in [-0.25, -0.2) is 0 Å². The van der Waals surface area contributed by atoms with E-state index in [2.05, 4.69) is 57.2 Å². The van der Waals surface area contributed by atoms with Crippen molar-refractivity contribution in [1.29, 1.82) is 0 Å². The summed E-state index contributed by atoms with van der Waals surface area (Å²) >= 11 is 0. The van der Waals surface area contributed by atoms with Crippen LogP contribution in [0.3, 0.4) is 0 Å². The van der Waals surface area contributed by atoms with E-state index >= 15 is 0 Å². The largest absolute Gasteiger partial charge is 0.409 e. The Morgan fingerprint density at radius 2 is 0.875 bits per heavy atom. The Balaban J connectivity index is 1.73. The zero-order chi connectivity index (χ0) is 33.9. The van der Waals surface area contributed by atoms with Gasteiger partial charge in [-0.15, -0.1) is 0 Å². The zero-order valence-electron chi connectivity index (χ0n) is 28.9. The topological polar surface area (TPSA) is 66.4 Å². The minimum atomic E-state index is -2.14. The van der Waals surface area contributed by atoms with Crippen LogP contribution in [-0.4, -0.2) is 51.1 Å². The highest BCUT2D eigenvalue weighted by Gasteiger charge is 2.42. The van der Waals surface area contributed by atoms with Crippen molar-refractivity contribution in [2.24, 2.45) is 0 Å². The van der Waals surface area contributed by atoms with E-state index in [9.17, 15) is 5.11 Å². The maximum Gasteiger partial charge on any atom is 0.192 e. The first-order chi connectivity index (χ1) is 23.6. The molecule has 48 heavy (non-hydrogen) atoms. The molecule has 0 amide bonds. The Labute approximate surface area is 289 Å². The summed E-state index contributed by atoms with van der Waals surface area (Å²) < 4.78 is 34.2. The van der Waals surface area contributed by atoms with Gasteiger partial charge in [0.25, 0.3) is 0 Å². The molecule has 4 atom stereocenters. The van der Waals surface area contributed by atoms with Gasteiger partial charge in [-0.05, 0) is 46.8 Å². The maximum absolute atomic E-state index is 10.3. The van der Waals surface area contributed by atoms with Crippen molar-refractivity contribution in [2.75, 3.05) is 13.2 Å². The summed E-state index contributed by atoms with van der Waals surface area (Å²) in [6.45, 7) is 8.58. The van der Waals surface area contributed by atoms with Gasteiger partial charge in [-0.2, -0.15) is 0 Å². The molecule has 0 aliphatic rings. The number of ether oxygens (including phenoxy) is 4. The first kappa shape index (κ1) is 37.7. The first-order valence-corrected chi connectivity index (χ1v) is 20.0. The standard InChI is InChI=1S/C41H54O6Si/c1-4-48(5-2,6-3)47-39(33-43-29-34-19-11-7-12-20-34)41(46-32-37-25-17-10-18-26-37)40(45-31-36-23-15-9-16-24-36)38(27-28-42)44-30-35-21-13-8-14-22-35/h7-26,38-42H,4-6,27-33H2,1-3H3/t38-,39+,40-,41+/m0/s1.